The molecule has 0 fully saturated rings. The average Bonchev–Trinajstić information content (AvgIpc) is 2.53. The number of aromatic nitrogens is 1. The van der Waals surface area contributed by atoms with Crippen LogP contribution in [0.3, 0.4) is 0 Å². The van der Waals surface area contributed by atoms with Crippen LogP contribution in [0, 0.1) is 0 Å². The zero-order chi connectivity index (χ0) is 14.4. The van der Waals surface area contributed by atoms with E-state index >= 15 is 0 Å². The topological polar surface area (TPSA) is 42.4 Å². The van der Waals surface area contributed by atoms with Gasteiger partial charge in [0, 0.05) is 24.1 Å². The van der Waals surface area contributed by atoms with Gasteiger partial charge >= 0.3 is 0 Å². The van der Waals surface area contributed by atoms with Crippen molar-refractivity contribution >= 4 is 23.2 Å². The van der Waals surface area contributed by atoms with Gasteiger partial charge in [0.25, 0.3) is 0 Å². The molecule has 0 atom stereocenters. The SMILES string of the molecule is COc1cccc(N(Cc2ccncc2)C(=O)CCl)c1. The molecule has 0 spiro atoms. The molecule has 1 aromatic carbocycles. The predicted octanol–water partition coefficient (Wildman–Crippen LogP) is 2.86. The number of hydrogen-bond donors (Lipinski definition) is 0. The average molecular weight is 291 g/mol. The molecule has 0 unspecified atom stereocenters. The molecule has 2 aromatic rings. The number of amides is 1. The minimum atomic E-state index is -0.156. The van der Waals surface area contributed by atoms with E-state index in [0.717, 1.165) is 11.3 Å². The number of carbonyl (C=O) groups excluding carboxylic acids is 1. The summed E-state index contributed by atoms with van der Waals surface area (Å²) in [5.41, 5.74) is 1.74. The molecular formula is C15H15ClN2O2. The van der Waals surface area contributed by atoms with E-state index in [-0.39, 0.29) is 11.8 Å². The van der Waals surface area contributed by atoms with E-state index in [9.17, 15) is 4.79 Å². The number of halogens is 1. The van der Waals surface area contributed by atoms with Gasteiger partial charge in [0.05, 0.1) is 13.7 Å². The third-order valence-electron chi connectivity index (χ3n) is 2.87. The smallest absolute Gasteiger partial charge is 0.242 e. The Kier molecular flexibility index (Phi) is 4.96. The molecule has 0 aliphatic heterocycles. The maximum absolute atomic E-state index is 12.1. The van der Waals surface area contributed by atoms with Crippen molar-refractivity contribution in [3.8, 4) is 5.75 Å². The van der Waals surface area contributed by atoms with E-state index in [0.29, 0.717) is 12.3 Å². The molecule has 104 valence electrons. The second-order valence-electron chi connectivity index (χ2n) is 4.17. The van der Waals surface area contributed by atoms with Crippen LogP contribution in [0.4, 0.5) is 5.69 Å². The van der Waals surface area contributed by atoms with Crippen LogP contribution in [0.25, 0.3) is 0 Å². The number of methoxy groups -OCH3 is 1. The third-order valence-corrected chi connectivity index (χ3v) is 3.10. The number of rotatable bonds is 5. The molecule has 1 amide bonds. The molecular weight excluding hydrogens is 276 g/mol. The van der Waals surface area contributed by atoms with Crippen molar-refractivity contribution in [2.75, 3.05) is 17.9 Å². The fourth-order valence-electron chi connectivity index (χ4n) is 1.84. The lowest BCUT2D eigenvalue weighted by Crippen LogP contribution is -2.31. The second kappa shape index (κ2) is 6.91. The summed E-state index contributed by atoms with van der Waals surface area (Å²) >= 11 is 5.70. The molecule has 0 aliphatic rings. The Hall–Kier alpha value is -2.07. The third kappa shape index (κ3) is 3.48. The van der Waals surface area contributed by atoms with Crippen LogP contribution in [0.5, 0.6) is 5.75 Å². The fraction of sp³-hybridized carbons (Fsp3) is 0.200. The number of hydrogen-bond acceptors (Lipinski definition) is 3. The quantitative estimate of drug-likeness (QED) is 0.795. The van der Waals surface area contributed by atoms with Crippen LogP contribution in [0.2, 0.25) is 0 Å². The molecule has 0 saturated carbocycles. The number of pyridine rings is 1. The van der Waals surface area contributed by atoms with Gasteiger partial charge < -0.3 is 9.64 Å². The normalized spacial score (nSPS) is 10.1. The molecule has 2 rings (SSSR count). The summed E-state index contributed by atoms with van der Waals surface area (Å²) in [5, 5.41) is 0. The van der Waals surface area contributed by atoms with E-state index < -0.39 is 0 Å². The first kappa shape index (κ1) is 14.3. The number of nitrogens with zero attached hydrogens (tertiary/aromatic N) is 2. The summed E-state index contributed by atoms with van der Waals surface area (Å²) in [6.07, 6.45) is 3.40. The van der Waals surface area contributed by atoms with Gasteiger partial charge in [-0.15, -0.1) is 11.6 Å². The lowest BCUT2D eigenvalue weighted by Gasteiger charge is -2.22. The highest BCUT2D eigenvalue weighted by molar-refractivity contribution is 6.29. The predicted molar refractivity (Wildman–Crippen MR) is 79.1 cm³/mol. The summed E-state index contributed by atoms with van der Waals surface area (Å²) in [6, 6.07) is 11.1. The zero-order valence-corrected chi connectivity index (χ0v) is 11.9. The Morgan fingerprint density at radius 3 is 2.70 bits per heavy atom. The Balaban J connectivity index is 2.29. The van der Waals surface area contributed by atoms with E-state index in [1.54, 1.807) is 24.4 Å². The lowest BCUT2D eigenvalue weighted by atomic mass is 10.2. The van der Waals surface area contributed by atoms with E-state index in [1.807, 2.05) is 36.4 Å². The highest BCUT2D eigenvalue weighted by Crippen LogP contribution is 2.23. The van der Waals surface area contributed by atoms with Crippen molar-refractivity contribution in [1.29, 1.82) is 0 Å². The first-order chi connectivity index (χ1) is 9.74. The molecule has 0 bridgehead atoms. The summed E-state index contributed by atoms with van der Waals surface area (Å²) in [5.74, 6) is 0.476. The number of benzene rings is 1. The van der Waals surface area contributed by atoms with E-state index in [1.165, 1.54) is 0 Å². The van der Waals surface area contributed by atoms with Gasteiger partial charge in [0.15, 0.2) is 0 Å². The Labute approximate surface area is 123 Å². The molecule has 0 saturated heterocycles. The van der Waals surface area contributed by atoms with Crippen LogP contribution in [-0.2, 0) is 11.3 Å². The van der Waals surface area contributed by atoms with Gasteiger partial charge in [-0.25, -0.2) is 0 Å². The first-order valence-corrected chi connectivity index (χ1v) is 6.67. The molecule has 0 radical (unpaired) electrons. The summed E-state index contributed by atoms with van der Waals surface area (Å²) < 4.78 is 5.19. The van der Waals surface area contributed by atoms with Gasteiger partial charge in [-0.1, -0.05) is 6.07 Å². The Bertz CT molecular complexity index is 575. The maximum Gasteiger partial charge on any atom is 0.242 e. The number of ether oxygens (including phenoxy) is 1. The standard InChI is InChI=1S/C15H15ClN2O2/c1-20-14-4-2-3-13(9-14)18(15(19)10-16)11-12-5-7-17-8-6-12/h2-9H,10-11H2,1H3. The van der Waals surface area contributed by atoms with Crippen LogP contribution in [-0.4, -0.2) is 23.9 Å². The van der Waals surface area contributed by atoms with Crippen molar-refractivity contribution in [1.82, 2.24) is 4.98 Å². The molecule has 1 aromatic heterocycles. The summed E-state index contributed by atoms with van der Waals surface area (Å²) in [4.78, 5) is 17.7. The largest absolute Gasteiger partial charge is 0.497 e. The highest BCUT2D eigenvalue weighted by atomic mass is 35.5. The van der Waals surface area contributed by atoms with Crippen LogP contribution >= 0.6 is 11.6 Å². The molecule has 20 heavy (non-hydrogen) atoms. The number of alkyl halides is 1. The molecule has 0 aliphatic carbocycles. The van der Waals surface area contributed by atoms with Gasteiger partial charge in [0.1, 0.15) is 11.6 Å². The molecule has 0 N–H and O–H groups in total. The van der Waals surface area contributed by atoms with Gasteiger partial charge in [-0.2, -0.15) is 0 Å². The van der Waals surface area contributed by atoms with E-state index in [2.05, 4.69) is 4.98 Å². The van der Waals surface area contributed by atoms with Crippen molar-refractivity contribution in [3.05, 3.63) is 54.4 Å². The van der Waals surface area contributed by atoms with Crippen LogP contribution in [0.1, 0.15) is 5.56 Å². The Morgan fingerprint density at radius 1 is 1.30 bits per heavy atom. The number of carbonyl (C=O) groups is 1. The summed E-state index contributed by atoms with van der Waals surface area (Å²) in [7, 11) is 1.59. The molecule has 5 heteroatoms. The monoisotopic (exact) mass is 290 g/mol. The zero-order valence-electron chi connectivity index (χ0n) is 11.1. The minimum absolute atomic E-state index is 0.0672. The maximum atomic E-state index is 12.1. The van der Waals surface area contributed by atoms with Crippen molar-refractivity contribution in [2.45, 2.75) is 6.54 Å². The first-order valence-electron chi connectivity index (χ1n) is 6.14. The lowest BCUT2D eigenvalue weighted by molar-refractivity contribution is -0.116. The summed E-state index contributed by atoms with van der Waals surface area (Å²) in [6.45, 7) is 0.446. The molecule has 4 nitrogen and oxygen atoms in total. The highest BCUT2D eigenvalue weighted by Gasteiger charge is 2.15. The van der Waals surface area contributed by atoms with Crippen molar-refractivity contribution in [2.24, 2.45) is 0 Å². The molecule has 1 heterocycles. The fourth-order valence-corrected chi connectivity index (χ4v) is 1.99. The van der Waals surface area contributed by atoms with Crippen molar-refractivity contribution < 1.29 is 9.53 Å². The van der Waals surface area contributed by atoms with Gasteiger partial charge in [-0.3, -0.25) is 9.78 Å². The van der Waals surface area contributed by atoms with Gasteiger partial charge in [0.2, 0.25) is 5.91 Å². The van der Waals surface area contributed by atoms with Gasteiger partial charge in [-0.05, 0) is 29.8 Å². The minimum Gasteiger partial charge on any atom is -0.497 e. The van der Waals surface area contributed by atoms with Crippen LogP contribution in [0.15, 0.2) is 48.8 Å². The second-order valence-corrected chi connectivity index (χ2v) is 4.44. The number of anilines is 1. The Morgan fingerprint density at radius 2 is 2.05 bits per heavy atom. The van der Waals surface area contributed by atoms with E-state index in [4.69, 9.17) is 16.3 Å². The van der Waals surface area contributed by atoms with Crippen LogP contribution < -0.4 is 9.64 Å². The van der Waals surface area contributed by atoms with Crippen molar-refractivity contribution in [3.63, 3.8) is 0 Å².